The second-order valence-corrected chi connectivity index (χ2v) is 12.9. The number of piperazine rings is 1. The van der Waals surface area contributed by atoms with E-state index in [1.807, 2.05) is 30.3 Å². The first-order valence-corrected chi connectivity index (χ1v) is 16.4. The van der Waals surface area contributed by atoms with Crippen LogP contribution in [0.4, 0.5) is 17.1 Å². The van der Waals surface area contributed by atoms with E-state index in [2.05, 4.69) is 16.8 Å². The Hall–Kier alpha value is -4.43. The number of benzene rings is 3. The van der Waals surface area contributed by atoms with E-state index in [0.717, 1.165) is 38.2 Å². The molecular weight excluding hydrogens is 610 g/mol. The first-order chi connectivity index (χ1) is 22.0. The molecule has 1 saturated heterocycles. The van der Waals surface area contributed by atoms with Gasteiger partial charge in [-0.05, 0) is 48.5 Å². The maximum Gasteiger partial charge on any atom is 0.330 e. The number of carbonyl (C=O) groups excluding carboxylic acids is 3. The summed E-state index contributed by atoms with van der Waals surface area (Å²) < 4.78 is 38.3. The third-order valence-corrected chi connectivity index (χ3v) is 9.04. The Balaban J connectivity index is 1.48. The van der Waals surface area contributed by atoms with Crippen LogP contribution in [0.25, 0.3) is 0 Å². The summed E-state index contributed by atoms with van der Waals surface area (Å²) >= 11 is 0. The lowest BCUT2D eigenvalue weighted by Crippen LogP contribution is -2.49. The van der Waals surface area contributed by atoms with Gasteiger partial charge in [-0.3, -0.25) is 28.9 Å². The molecule has 2 amide bonds. The summed E-state index contributed by atoms with van der Waals surface area (Å²) in [4.78, 5) is 52.0. The Morgan fingerprint density at radius 1 is 0.978 bits per heavy atom. The van der Waals surface area contributed by atoms with E-state index in [4.69, 9.17) is 9.73 Å². The zero-order chi connectivity index (χ0) is 33.0. The van der Waals surface area contributed by atoms with Gasteiger partial charge >= 0.3 is 5.97 Å². The summed E-state index contributed by atoms with van der Waals surface area (Å²) in [6.45, 7) is 3.84. The maximum atomic E-state index is 14.2. The molecule has 46 heavy (non-hydrogen) atoms. The molecule has 5 rings (SSSR count). The molecule has 2 atom stereocenters. The number of esters is 1. The van der Waals surface area contributed by atoms with Crippen molar-refractivity contribution in [1.29, 1.82) is 0 Å². The molecule has 242 valence electrons. The van der Waals surface area contributed by atoms with Crippen LogP contribution in [0.5, 0.6) is 0 Å². The first-order valence-electron chi connectivity index (χ1n) is 14.8. The van der Waals surface area contributed by atoms with E-state index in [-0.39, 0.29) is 5.91 Å². The fourth-order valence-electron chi connectivity index (χ4n) is 5.75. The molecule has 2 heterocycles. The van der Waals surface area contributed by atoms with Crippen LogP contribution in [-0.4, -0.2) is 112 Å². The van der Waals surface area contributed by atoms with Crippen molar-refractivity contribution in [2.24, 2.45) is 4.99 Å². The van der Waals surface area contributed by atoms with Crippen molar-refractivity contribution < 1.29 is 32.1 Å². The molecule has 1 N–H and O–H groups in total. The summed E-state index contributed by atoms with van der Waals surface area (Å²) in [5.74, 6) is -3.63. The van der Waals surface area contributed by atoms with Crippen molar-refractivity contribution in [2.45, 2.75) is 12.0 Å². The number of fused-ring (bicyclic) bond motifs is 1. The highest BCUT2D eigenvalue weighted by molar-refractivity contribution is 7.85. The minimum absolute atomic E-state index is 0.0240. The number of carbonyl (C=O) groups is 3. The molecule has 0 spiro atoms. The van der Waals surface area contributed by atoms with Crippen molar-refractivity contribution in [3.63, 3.8) is 0 Å². The average molecular weight is 648 g/mol. The largest absolute Gasteiger partial charge is 0.467 e. The second-order valence-electron chi connectivity index (χ2n) is 11.4. The SMILES string of the molecule is COC(=O)C(CS(=O)(=O)O)N1C(=O)C(C(=Nc2ccc(N(C)C(=O)CN3CCN(C)CC3)cc2)c2ccccc2)c2ccccc21. The highest BCUT2D eigenvalue weighted by atomic mass is 32.2. The normalized spacial score (nSPS) is 18.3. The molecule has 1 fully saturated rings. The Morgan fingerprint density at radius 3 is 2.24 bits per heavy atom. The molecule has 0 saturated carbocycles. The number of para-hydroxylation sites is 1. The molecule has 0 radical (unpaired) electrons. The summed E-state index contributed by atoms with van der Waals surface area (Å²) in [6.07, 6.45) is 0. The van der Waals surface area contributed by atoms with Crippen molar-refractivity contribution in [3.8, 4) is 0 Å². The van der Waals surface area contributed by atoms with Crippen LogP contribution >= 0.6 is 0 Å². The first kappa shape index (κ1) is 32.9. The number of nitrogens with zero attached hydrogens (tertiary/aromatic N) is 5. The molecular formula is C33H37N5O7S. The molecule has 2 aliphatic heterocycles. The number of aliphatic imine (C=N–C) groups is 1. The van der Waals surface area contributed by atoms with E-state index in [9.17, 15) is 27.4 Å². The molecule has 13 heteroatoms. The van der Waals surface area contributed by atoms with Gasteiger partial charge < -0.3 is 14.5 Å². The molecule has 0 aromatic heterocycles. The third-order valence-electron chi connectivity index (χ3n) is 8.30. The van der Waals surface area contributed by atoms with Crippen LogP contribution in [0.3, 0.4) is 0 Å². The van der Waals surface area contributed by atoms with Crippen LogP contribution in [0, 0.1) is 0 Å². The van der Waals surface area contributed by atoms with Gasteiger partial charge in [0.25, 0.3) is 10.1 Å². The fraction of sp³-hybridized carbons (Fsp3) is 0.333. The minimum Gasteiger partial charge on any atom is -0.467 e. The highest BCUT2D eigenvalue weighted by Crippen LogP contribution is 2.41. The highest BCUT2D eigenvalue weighted by Gasteiger charge is 2.47. The predicted octanol–water partition coefficient (Wildman–Crippen LogP) is 2.58. The number of ether oxygens (including phenoxy) is 1. The lowest BCUT2D eigenvalue weighted by atomic mass is 9.90. The van der Waals surface area contributed by atoms with Crippen LogP contribution < -0.4 is 9.80 Å². The minimum atomic E-state index is -4.67. The summed E-state index contributed by atoms with van der Waals surface area (Å²) in [5, 5.41) is 0. The molecule has 2 aliphatic rings. The second kappa shape index (κ2) is 13.9. The van der Waals surface area contributed by atoms with Gasteiger partial charge in [-0.1, -0.05) is 48.5 Å². The number of anilines is 2. The molecule has 0 aliphatic carbocycles. The number of rotatable bonds is 10. The molecule has 3 aromatic carbocycles. The zero-order valence-corrected chi connectivity index (χ0v) is 26.8. The van der Waals surface area contributed by atoms with Gasteiger partial charge in [0.1, 0.15) is 11.7 Å². The summed E-state index contributed by atoms with van der Waals surface area (Å²) in [7, 11) is 0.222. The van der Waals surface area contributed by atoms with Crippen LogP contribution in [-0.2, 0) is 29.2 Å². The van der Waals surface area contributed by atoms with Crippen molar-refractivity contribution >= 4 is 50.7 Å². The topological polar surface area (TPSA) is 140 Å². The zero-order valence-electron chi connectivity index (χ0n) is 25.9. The van der Waals surface area contributed by atoms with Crippen molar-refractivity contribution in [1.82, 2.24) is 9.80 Å². The molecule has 3 aromatic rings. The number of hydrogen-bond donors (Lipinski definition) is 1. The van der Waals surface area contributed by atoms with E-state index >= 15 is 0 Å². The van der Waals surface area contributed by atoms with E-state index in [1.165, 1.54) is 0 Å². The third kappa shape index (κ3) is 7.34. The van der Waals surface area contributed by atoms with Gasteiger partial charge in [0, 0.05) is 44.6 Å². The van der Waals surface area contributed by atoms with Gasteiger partial charge in [0.2, 0.25) is 11.8 Å². The van der Waals surface area contributed by atoms with E-state index in [1.54, 1.807) is 60.5 Å². The molecule has 12 nitrogen and oxygen atoms in total. The predicted molar refractivity (Wildman–Crippen MR) is 175 cm³/mol. The van der Waals surface area contributed by atoms with Gasteiger partial charge in [-0.25, -0.2) is 4.79 Å². The number of hydrogen-bond acceptors (Lipinski definition) is 9. The van der Waals surface area contributed by atoms with Crippen LogP contribution in [0.15, 0.2) is 83.9 Å². The van der Waals surface area contributed by atoms with Crippen molar-refractivity contribution in [2.75, 3.05) is 69.5 Å². The Kier molecular flexibility index (Phi) is 9.97. The van der Waals surface area contributed by atoms with Crippen LogP contribution in [0.1, 0.15) is 17.0 Å². The number of methoxy groups -OCH3 is 1. The number of amides is 2. The Morgan fingerprint density at radius 2 is 1.61 bits per heavy atom. The van der Waals surface area contributed by atoms with Gasteiger partial charge in [-0.15, -0.1) is 0 Å². The standard InChI is InChI=1S/C33H37N5O7S/c1-35-17-19-37(20-18-35)21-29(39)36(2)25-15-13-24(14-16-25)34-31(23-9-5-4-6-10-23)30-26-11-7-8-12-27(26)38(32(30)40)28(33(41)45-3)22-46(42,43)44/h4-16,28,30H,17-22H2,1-3H3,(H,42,43,44). The summed E-state index contributed by atoms with van der Waals surface area (Å²) in [6, 6.07) is 21.3. The lowest BCUT2D eigenvalue weighted by Gasteiger charge is -2.32. The summed E-state index contributed by atoms with van der Waals surface area (Å²) in [5.41, 5.74) is 3.07. The monoisotopic (exact) mass is 647 g/mol. The molecule has 0 bridgehead atoms. The van der Waals surface area contributed by atoms with Gasteiger partial charge in [0.15, 0.2) is 6.04 Å². The fourth-order valence-corrected chi connectivity index (χ4v) is 6.44. The lowest BCUT2D eigenvalue weighted by molar-refractivity contribution is -0.142. The maximum absolute atomic E-state index is 14.2. The Labute approximate surface area is 268 Å². The van der Waals surface area contributed by atoms with E-state index < -0.39 is 39.7 Å². The Bertz CT molecular complexity index is 1720. The van der Waals surface area contributed by atoms with Crippen molar-refractivity contribution in [3.05, 3.63) is 90.0 Å². The average Bonchev–Trinajstić information content (AvgIpc) is 3.34. The van der Waals surface area contributed by atoms with E-state index in [0.29, 0.717) is 40.4 Å². The smallest absolute Gasteiger partial charge is 0.330 e. The van der Waals surface area contributed by atoms with Crippen LogP contribution in [0.2, 0.25) is 0 Å². The van der Waals surface area contributed by atoms with Gasteiger partial charge in [-0.2, -0.15) is 8.42 Å². The molecule has 2 unspecified atom stereocenters. The quantitative estimate of drug-likeness (QED) is 0.200. The number of likely N-dealkylation sites (N-methyl/N-ethyl adjacent to an activating group) is 2. The van der Waals surface area contributed by atoms with Gasteiger partial charge in [0.05, 0.1) is 25.1 Å².